The van der Waals surface area contributed by atoms with Gasteiger partial charge in [-0.2, -0.15) is 0 Å². The molecule has 0 bridgehead atoms. The third-order valence-electron chi connectivity index (χ3n) is 13.3. The Balaban J connectivity index is 0.000000186. The number of hydrogen-bond donors (Lipinski definition) is 4. The molecule has 10 nitrogen and oxygen atoms in total. The van der Waals surface area contributed by atoms with Crippen molar-refractivity contribution in [2.75, 3.05) is 63.0 Å². The zero-order chi connectivity index (χ0) is 42.9. The van der Waals surface area contributed by atoms with Gasteiger partial charge in [0.05, 0.1) is 12.1 Å². The highest BCUT2D eigenvalue weighted by atomic mass is 16.1. The third kappa shape index (κ3) is 13.3. The Hall–Kier alpha value is -4.48. The number of fused-ring (bicyclic) bond motifs is 2. The molecule has 2 fully saturated rings. The number of carbonyl (C=O) groups is 2. The average molecular weight is 841 g/mol. The lowest BCUT2D eigenvalue weighted by Crippen LogP contribution is -2.45. The van der Waals surface area contributed by atoms with E-state index in [0.717, 1.165) is 139 Å². The Labute approximate surface area is 371 Å². The Morgan fingerprint density at radius 2 is 0.984 bits per heavy atom. The summed E-state index contributed by atoms with van der Waals surface area (Å²) in [6.45, 7) is 11.5. The van der Waals surface area contributed by atoms with E-state index in [-0.39, 0.29) is 23.7 Å². The number of ketones is 2. The second kappa shape index (κ2) is 23.8. The lowest BCUT2D eigenvalue weighted by atomic mass is 9.97. The van der Waals surface area contributed by atoms with Crippen LogP contribution >= 0.6 is 0 Å². The molecular weight excluding hydrogens is 769 g/mol. The molecule has 332 valence electrons. The van der Waals surface area contributed by atoms with E-state index >= 15 is 0 Å². The second-order valence-electron chi connectivity index (χ2n) is 18.0. The average Bonchev–Trinajstić information content (AvgIpc) is 3.30. The van der Waals surface area contributed by atoms with Crippen molar-refractivity contribution in [2.24, 2.45) is 0 Å². The number of nitrogens with zero attached hydrogens (tertiary/aromatic N) is 4. The van der Waals surface area contributed by atoms with Gasteiger partial charge in [0.2, 0.25) is 0 Å². The van der Waals surface area contributed by atoms with Gasteiger partial charge in [-0.25, -0.2) is 9.97 Å². The number of carbonyl (C=O) groups excluding carboxylic acids is 2. The number of piperidine rings is 2. The normalized spacial score (nSPS) is 18.2. The number of aryl methyl sites for hydroxylation is 4. The predicted octanol–water partition coefficient (Wildman–Crippen LogP) is 8.29. The fraction of sp³-hybridized carbons (Fsp3) is 0.538. The largest absolute Gasteiger partial charge is 0.370 e. The van der Waals surface area contributed by atoms with Crippen LogP contribution in [-0.2, 0) is 35.3 Å². The molecule has 0 aliphatic carbocycles. The first-order chi connectivity index (χ1) is 30.4. The fourth-order valence-corrected chi connectivity index (χ4v) is 9.89. The maximum absolute atomic E-state index is 12.3. The zero-order valence-corrected chi connectivity index (χ0v) is 37.6. The number of unbranched alkanes of at least 4 members (excludes halogenated alkanes) is 2. The maximum Gasteiger partial charge on any atom is 0.151 e. The summed E-state index contributed by atoms with van der Waals surface area (Å²) in [4.78, 5) is 38.9. The molecule has 2 atom stereocenters. The van der Waals surface area contributed by atoms with Crippen LogP contribution in [-0.4, -0.2) is 95.8 Å². The Bertz CT molecular complexity index is 1830. The van der Waals surface area contributed by atoms with Crippen molar-refractivity contribution in [3.05, 3.63) is 119 Å². The summed E-state index contributed by atoms with van der Waals surface area (Å²) in [7, 11) is 0. The minimum absolute atomic E-state index is 0.0965. The van der Waals surface area contributed by atoms with Crippen LogP contribution in [0.3, 0.4) is 0 Å². The highest BCUT2D eigenvalue weighted by molar-refractivity contribution is 5.83. The maximum atomic E-state index is 12.3. The molecule has 4 aromatic rings. The molecule has 0 unspecified atom stereocenters. The van der Waals surface area contributed by atoms with Gasteiger partial charge in [-0.3, -0.25) is 19.4 Å². The van der Waals surface area contributed by atoms with Crippen LogP contribution in [0.25, 0.3) is 0 Å². The first-order valence-corrected chi connectivity index (χ1v) is 23.9. The minimum Gasteiger partial charge on any atom is -0.370 e. The van der Waals surface area contributed by atoms with Crippen LogP contribution in [0.15, 0.2) is 84.9 Å². The van der Waals surface area contributed by atoms with Gasteiger partial charge in [0.15, 0.2) is 11.6 Å². The summed E-state index contributed by atoms with van der Waals surface area (Å²) < 4.78 is 0. The highest BCUT2D eigenvalue weighted by Crippen LogP contribution is 2.28. The zero-order valence-electron chi connectivity index (χ0n) is 37.6. The summed E-state index contributed by atoms with van der Waals surface area (Å²) in [5.74, 6) is 2.69. The van der Waals surface area contributed by atoms with Gasteiger partial charge in [-0.15, -0.1) is 0 Å². The molecule has 2 aromatic carbocycles. The molecule has 2 saturated heterocycles. The monoisotopic (exact) mass is 841 g/mol. The van der Waals surface area contributed by atoms with Gasteiger partial charge < -0.3 is 21.3 Å². The van der Waals surface area contributed by atoms with E-state index in [1.165, 1.54) is 48.2 Å². The summed E-state index contributed by atoms with van der Waals surface area (Å²) in [5.41, 5.74) is 7.37. The quantitative estimate of drug-likeness (QED) is 0.0731. The van der Waals surface area contributed by atoms with Crippen molar-refractivity contribution in [3.63, 3.8) is 0 Å². The molecule has 2 aromatic heterocycles. The van der Waals surface area contributed by atoms with Crippen molar-refractivity contribution in [3.8, 4) is 0 Å². The number of rotatable bonds is 18. The van der Waals surface area contributed by atoms with Crippen molar-refractivity contribution in [1.29, 1.82) is 0 Å². The van der Waals surface area contributed by atoms with E-state index in [2.05, 4.69) is 79.6 Å². The van der Waals surface area contributed by atoms with Gasteiger partial charge in [0.1, 0.15) is 11.6 Å². The van der Waals surface area contributed by atoms with Gasteiger partial charge in [0, 0.05) is 62.7 Å². The molecule has 0 radical (unpaired) electrons. The number of aromatic nitrogens is 2. The first kappa shape index (κ1) is 45.5. The molecule has 0 saturated carbocycles. The summed E-state index contributed by atoms with van der Waals surface area (Å²) in [5, 5.41) is 14.3. The van der Waals surface area contributed by atoms with Crippen LogP contribution in [0.1, 0.15) is 124 Å². The van der Waals surface area contributed by atoms with Gasteiger partial charge in [-0.05, 0) is 151 Å². The van der Waals surface area contributed by atoms with E-state index in [1.807, 2.05) is 36.4 Å². The molecule has 4 N–H and O–H groups in total. The van der Waals surface area contributed by atoms with E-state index < -0.39 is 0 Å². The summed E-state index contributed by atoms with van der Waals surface area (Å²) >= 11 is 0. The van der Waals surface area contributed by atoms with Crippen LogP contribution in [0.2, 0.25) is 0 Å². The number of likely N-dealkylation sites (tertiary alicyclic amines) is 2. The van der Waals surface area contributed by atoms with Crippen LogP contribution in [0, 0.1) is 0 Å². The number of benzene rings is 2. The van der Waals surface area contributed by atoms with E-state index in [9.17, 15) is 9.59 Å². The lowest BCUT2D eigenvalue weighted by Gasteiger charge is -2.37. The predicted molar refractivity (Wildman–Crippen MR) is 253 cm³/mol. The van der Waals surface area contributed by atoms with E-state index in [4.69, 9.17) is 9.97 Å². The SMILES string of the molecule is CC(=O)[C@@H](c1ccccc1)N1CCC(NCCCCc2ccc3c(n2)NCCC3)CC1.CC(=O)[C@H](c1ccccc1)N1CCC(NCCCCc2ccc3c(n2)NCCC3)CC1. The Kier molecular flexibility index (Phi) is 17.5. The van der Waals surface area contributed by atoms with Gasteiger partial charge in [-0.1, -0.05) is 72.8 Å². The smallest absolute Gasteiger partial charge is 0.151 e. The number of Topliss-reactive ketones (excluding diaryl/α,β-unsaturated/α-hetero) is 2. The minimum atomic E-state index is -0.0965. The topological polar surface area (TPSA) is 115 Å². The number of anilines is 2. The van der Waals surface area contributed by atoms with Crippen LogP contribution < -0.4 is 21.3 Å². The molecule has 8 rings (SSSR count). The summed E-state index contributed by atoms with van der Waals surface area (Å²) in [6.07, 6.45) is 15.9. The fourth-order valence-electron chi connectivity index (χ4n) is 9.89. The second-order valence-corrected chi connectivity index (χ2v) is 18.0. The number of pyridine rings is 2. The van der Waals surface area contributed by atoms with Crippen molar-refractivity contribution < 1.29 is 9.59 Å². The lowest BCUT2D eigenvalue weighted by molar-refractivity contribution is -0.123. The molecule has 0 spiro atoms. The number of nitrogens with one attached hydrogen (secondary N) is 4. The molecule has 62 heavy (non-hydrogen) atoms. The standard InChI is InChI=1S/2C26H36N4O/c2*1-20(31)25(21-8-3-2-4-9-21)30-18-14-23(15-19-30)27-16-6-5-11-24-13-12-22-10-7-17-28-26(22)29-24/h2*2-4,8-9,12-13,23,25,27H,5-7,10-11,14-19H2,1H3,(H,28,29)/t2*25-/m10/s1. The van der Waals surface area contributed by atoms with Crippen molar-refractivity contribution >= 4 is 23.2 Å². The van der Waals surface area contributed by atoms with Crippen molar-refractivity contribution in [2.45, 2.75) is 128 Å². The molecule has 0 amide bonds. The van der Waals surface area contributed by atoms with Crippen LogP contribution in [0.5, 0.6) is 0 Å². The summed E-state index contributed by atoms with van der Waals surface area (Å²) in [6, 6.07) is 30.2. The van der Waals surface area contributed by atoms with E-state index in [0.29, 0.717) is 12.1 Å². The molecule has 10 heteroatoms. The van der Waals surface area contributed by atoms with Crippen molar-refractivity contribution in [1.82, 2.24) is 30.4 Å². The number of hydrogen-bond acceptors (Lipinski definition) is 10. The van der Waals surface area contributed by atoms with Crippen LogP contribution in [0.4, 0.5) is 11.6 Å². The van der Waals surface area contributed by atoms with Gasteiger partial charge in [0.25, 0.3) is 0 Å². The third-order valence-corrected chi connectivity index (χ3v) is 13.3. The van der Waals surface area contributed by atoms with Gasteiger partial charge >= 0.3 is 0 Å². The first-order valence-electron chi connectivity index (χ1n) is 23.9. The highest BCUT2D eigenvalue weighted by Gasteiger charge is 2.30. The molecule has 4 aliphatic heterocycles. The molecular formula is C52H72N8O2. The molecule has 6 heterocycles. The van der Waals surface area contributed by atoms with E-state index in [1.54, 1.807) is 13.8 Å². The Morgan fingerprint density at radius 3 is 1.37 bits per heavy atom. The molecule has 4 aliphatic rings. The Morgan fingerprint density at radius 1 is 0.581 bits per heavy atom.